The molecular formula is C8H10KN2O4. The Hall–Kier alpha value is -0.214. The number of aromatic nitrogens is 1. The van der Waals surface area contributed by atoms with Crippen molar-refractivity contribution in [1.82, 2.24) is 4.98 Å². The van der Waals surface area contributed by atoms with Crippen molar-refractivity contribution in [3.8, 4) is 0 Å². The zero-order valence-corrected chi connectivity index (χ0v) is 12.0. The zero-order chi connectivity index (χ0) is 10.7. The molecule has 1 rings (SSSR count). The van der Waals surface area contributed by atoms with Crippen molar-refractivity contribution >= 4 is 63.0 Å². The summed E-state index contributed by atoms with van der Waals surface area (Å²) in [4.78, 5) is 23.7. The van der Waals surface area contributed by atoms with E-state index in [9.17, 15) is 14.9 Å². The van der Waals surface area contributed by atoms with Crippen molar-refractivity contribution in [2.75, 3.05) is 6.61 Å². The Morgan fingerprint density at radius 3 is 2.67 bits per heavy atom. The van der Waals surface area contributed by atoms with Crippen LogP contribution in [-0.2, 0) is 4.74 Å². The minimum Gasteiger partial charge on any atom is -0.461 e. The van der Waals surface area contributed by atoms with E-state index in [0.29, 0.717) is 5.69 Å². The fourth-order valence-corrected chi connectivity index (χ4v) is 1.06. The SMILES string of the molecule is CCOC(=O)c1cc([N+](=O)[O-])c(C)[nH]1.[K]. The largest absolute Gasteiger partial charge is 0.461 e. The van der Waals surface area contributed by atoms with Crippen LogP contribution in [0.2, 0.25) is 0 Å². The Kier molecular flexibility index (Phi) is 6.30. The first kappa shape index (κ1) is 14.8. The number of nitro groups is 1. The number of nitrogens with zero attached hydrogens (tertiary/aromatic N) is 1. The first-order chi connectivity index (χ1) is 6.56. The predicted molar refractivity (Wildman–Crippen MR) is 53.9 cm³/mol. The summed E-state index contributed by atoms with van der Waals surface area (Å²) in [6.07, 6.45) is 0. The predicted octanol–water partition coefficient (Wildman–Crippen LogP) is 1.03. The molecule has 1 N–H and O–H groups in total. The normalized spacial score (nSPS) is 9.20. The fraction of sp³-hybridized carbons (Fsp3) is 0.375. The molecule has 0 fully saturated rings. The van der Waals surface area contributed by atoms with Crippen molar-refractivity contribution in [2.24, 2.45) is 0 Å². The molecule has 0 unspecified atom stereocenters. The minimum atomic E-state index is -0.580. The van der Waals surface area contributed by atoms with Gasteiger partial charge in [-0.1, -0.05) is 0 Å². The molecule has 1 radical (unpaired) electrons. The summed E-state index contributed by atoms with van der Waals surface area (Å²) in [7, 11) is 0. The summed E-state index contributed by atoms with van der Waals surface area (Å²) in [6.45, 7) is 3.44. The smallest absolute Gasteiger partial charge is 0.354 e. The third-order valence-corrected chi connectivity index (χ3v) is 1.68. The van der Waals surface area contributed by atoms with Crippen LogP contribution in [0, 0.1) is 17.0 Å². The molecule has 1 aromatic heterocycles. The van der Waals surface area contributed by atoms with Gasteiger partial charge in [-0.3, -0.25) is 10.1 Å². The zero-order valence-electron chi connectivity index (χ0n) is 8.86. The summed E-state index contributed by atoms with van der Waals surface area (Å²) >= 11 is 0. The third kappa shape index (κ3) is 3.69. The number of carbonyl (C=O) groups is 1. The van der Waals surface area contributed by atoms with Crippen molar-refractivity contribution in [3.05, 3.63) is 27.6 Å². The molecule has 0 saturated carbocycles. The van der Waals surface area contributed by atoms with Gasteiger partial charge in [-0.15, -0.1) is 0 Å². The van der Waals surface area contributed by atoms with E-state index in [1.165, 1.54) is 13.0 Å². The molecule has 1 aromatic rings. The van der Waals surface area contributed by atoms with E-state index in [0.717, 1.165) is 0 Å². The van der Waals surface area contributed by atoms with Gasteiger partial charge in [0.25, 0.3) is 5.69 Å². The van der Waals surface area contributed by atoms with Gasteiger partial charge in [-0.25, -0.2) is 4.79 Å². The van der Waals surface area contributed by atoms with Crippen LogP contribution in [0.15, 0.2) is 6.07 Å². The number of H-pyrrole nitrogens is 1. The molecule has 0 saturated heterocycles. The fourth-order valence-electron chi connectivity index (χ4n) is 1.06. The maximum atomic E-state index is 11.2. The monoisotopic (exact) mass is 237 g/mol. The molecule has 15 heavy (non-hydrogen) atoms. The average Bonchev–Trinajstić information content (AvgIpc) is 2.48. The maximum Gasteiger partial charge on any atom is 0.354 e. The van der Waals surface area contributed by atoms with Crippen molar-refractivity contribution in [1.29, 1.82) is 0 Å². The second kappa shape index (κ2) is 6.39. The van der Waals surface area contributed by atoms with Gasteiger partial charge in [0.1, 0.15) is 5.69 Å². The molecule has 1 heterocycles. The number of aryl methyl sites for hydroxylation is 1. The molecular weight excluding hydrogens is 227 g/mol. The number of hydrogen-bond donors (Lipinski definition) is 1. The van der Waals surface area contributed by atoms with E-state index in [-0.39, 0.29) is 69.4 Å². The van der Waals surface area contributed by atoms with Crippen molar-refractivity contribution in [3.63, 3.8) is 0 Å². The molecule has 0 spiro atoms. The van der Waals surface area contributed by atoms with Crippen molar-refractivity contribution < 1.29 is 14.5 Å². The van der Waals surface area contributed by atoms with Crippen LogP contribution in [0.5, 0.6) is 0 Å². The standard InChI is InChI=1S/C8H10N2O4.K/c1-3-14-8(11)6-4-7(10(12)13)5(2)9-6;/h4,9H,3H2,1-2H3;. The van der Waals surface area contributed by atoms with E-state index in [2.05, 4.69) is 9.72 Å². The maximum absolute atomic E-state index is 11.2. The second-order valence-corrected chi connectivity index (χ2v) is 2.67. The number of aromatic amines is 1. The Morgan fingerprint density at radius 1 is 1.67 bits per heavy atom. The van der Waals surface area contributed by atoms with Crippen molar-refractivity contribution in [2.45, 2.75) is 13.8 Å². The van der Waals surface area contributed by atoms with E-state index in [1.807, 2.05) is 0 Å². The first-order valence-electron chi connectivity index (χ1n) is 4.07. The van der Waals surface area contributed by atoms with Gasteiger partial charge in [0.05, 0.1) is 17.2 Å². The van der Waals surface area contributed by atoms with E-state index in [4.69, 9.17) is 0 Å². The van der Waals surface area contributed by atoms with Crippen LogP contribution in [0.3, 0.4) is 0 Å². The Balaban J connectivity index is 0.00000196. The molecule has 0 aliphatic heterocycles. The summed E-state index contributed by atoms with van der Waals surface area (Å²) < 4.78 is 4.68. The summed E-state index contributed by atoms with van der Waals surface area (Å²) in [5.74, 6) is -0.580. The Bertz CT molecular complexity index is 375. The van der Waals surface area contributed by atoms with Gasteiger partial charge in [-0.05, 0) is 13.8 Å². The molecule has 6 nitrogen and oxygen atoms in total. The number of esters is 1. The number of carbonyl (C=O) groups excluding carboxylic acids is 1. The Labute approximate surface area is 129 Å². The van der Waals surface area contributed by atoms with Crippen LogP contribution in [0.4, 0.5) is 5.69 Å². The molecule has 0 atom stereocenters. The van der Waals surface area contributed by atoms with Gasteiger partial charge in [0, 0.05) is 57.5 Å². The molecule has 7 heteroatoms. The summed E-state index contributed by atoms with van der Waals surface area (Å²) in [5, 5.41) is 10.4. The second-order valence-electron chi connectivity index (χ2n) is 2.67. The third-order valence-electron chi connectivity index (χ3n) is 1.68. The van der Waals surface area contributed by atoms with Gasteiger partial charge in [-0.2, -0.15) is 0 Å². The van der Waals surface area contributed by atoms with Crippen LogP contribution < -0.4 is 0 Å². The summed E-state index contributed by atoms with van der Waals surface area (Å²) in [5.41, 5.74) is 0.349. The molecule has 0 aromatic carbocycles. The van der Waals surface area contributed by atoms with Gasteiger partial charge < -0.3 is 9.72 Å². The van der Waals surface area contributed by atoms with E-state index in [1.54, 1.807) is 6.92 Å². The topological polar surface area (TPSA) is 85.2 Å². The van der Waals surface area contributed by atoms with Gasteiger partial charge in [0.15, 0.2) is 0 Å². The van der Waals surface area contributed by atoms with Crippen LogP contribution >= 0.6 is 0 Å². The number of nitrogens with one attached hydrogen (secondary N) is 1. The van der Waals surface area contributed by atoms with E-state index >= 15 is 0 Å². The van der Waals surface area contributed by atoms with Crippen LogP contribution in [0.25, 0.3) is 0 Å². The molecule has 0 aliphatic rings. The average molecular weight is 237 g/mol. The van der Waals surface area contributed by atoms with Crippen LogP contribution in [0.1, 0.15) is 23.1 Å². The Morgan fingerprint density at radius 2 is 2.27 bits per heavy atom. The molecule has 0 amide bonds. The minimum absolute atomic E-state index is 0. The van der Waals surface area contributed by atoms with E-state index < -0.39 is 10.9 Å². The molecule has 77 valence electrons. The summed E-state index contributed by atoms with van der Waals surface area (Å²) in [6, 6.07) is 1.17. The number of hydrogen-bond acceptors (Lipinski definition) is 4. The molecule has 0 aliphatic carbocycles. The number of ether oxygens (including phenoxy) is 1. The first-order valence-corrected chi connectivity index (χ1v) is 4.07. The van der Waals surface area contributed by atoms with Gasteiger partial charge >= 0.3 is 5.97 Å². The van der Waals surface area contributed by atoms with Gasteiger partial charge in [0.2, 0.25) is 0 Å². The number of rotatable bonds is 3. The quantitative estimate of drug-likeness (QED) is 0.368. The molecule has 0 bridgehead atoms. The van der Waals surface area contributed by atoms with Crippen LogP contribution in [-0.4, -0.2) is 73.9 Å².